The second-order valence-electron chi connectivity index (χ2n) is 6.42. The van der Waals surface area contributed by atoms with Gasteiger partial charge in [0, 0.05) is 5.02 Å². The Bertz CT molecular complexity index is 1090. The van der Waals surface area contributed by atoms with Gasteiger partial charge in [-0.3, -0.25) is 4.79 Å². The van der Waals surface area contributed by atoms with Crippen LogP contribution in [0.2, 0.25) is 5.02 Å². The number of rotatable bonds is 5. The molecule has 0 aliphatic rings. The molecule has 0 aliphatic carbocycles. The number of hydrogen-bond donors (Lipinski definition) is 1. The summed E-state index contributed by atoms with van der Waals surface area (Å²) in [7, 11) is 0. The summed E-state index contributed by atoms with van der Waals surface area (Å²) in [6.07, 6.45) is 0.982. The maximum absolute atomic E-state index is 13.2. The highest BCUT2D eigenvalue weighted by atomic mass is 35.5. The molecular weight excluding hydrogens is 387 g/mol. The van der Waals surface area contributed by atoms with Crippen molar-refractivity contribution in [3.05, 3.63) is 68.5 Å². The summed E-state index contributed by atoms with van der Waals surface area (Å²) >= 11 is 6.02. The largest absolute Gasteiger partial charge is 0.370 e. The van der Waals surface area contributed by atoms with Crippen molar-refractivity contribution in [1.82, 2.24) is 30.1 Å². The highest BCUT2D eigenvalue weighted by Gasteiger charge is 2.17. The molecule has 10 heteroatoms. The number of nitrogens with one attached hydrogen (secondary N) is 1. The van der Waals surface area contributed by atoms with Crippen molar-refractivity contribution in [3.8, 4) is 5.82 Å². The summed E-state index contributed by atoms with van der Waals surface area (Å²) in [6.45, 7) is 4.99. The Kier molecular flexibility index (Phi) is 5.55. The van der Waals surface area contributed by atoms with Crippen LogP contribution in [0.1, 0.15) is 29.7 Å². The summed E-state index contributed by atoms with van der Waals surface area (Å²) in [4.78, 5) is 28.6. The van der Waals surface area contributed by atoms with E-state index < -0.39 is 17.4 Å². The van der Waals surface area contributed by atoms with Crippen LogP contribution in [-0.2, 0) is 11.3 Å². The van der Waals surface area contributed by atoms with Gasteiger partial charge in [0.2, 0.25) is 5.91 Å². The summed E-state index contributed by atoms with van der Waals surface area (Å²) in [5.74, 6) is -0.770. The quantitative estimate of drug-likeness (QED) is 0.702. The third-order valence-corrected chi connectivity index (χ3v) is 4.63. The number of pyridine rings is 1. The third-order valence-electron chi connectivity index (χ3n) is 4.21. The van der Waals surface area contributed by atoms with E-state index >= 15 is 0 Å². The van der Waals surface area contributed by atoms with Crippen LogP contribution in [0, 0.1) is 19.7 Å². The predicted molar refractivity (Wildman–Crippen MR) is 101 cm³/mol. The monoisotopic (exact) mass is 404 g/mol. The number of aryl methyl sites for hydroxylation is 2. The van der Waals surface area contributed by atoms with Crippen LogP contribution in [-0.4, -0.2) is 30.7 Å². The van der Waals surface area contributed by atoms with Crippen LogP contribution in [0.3, 0.4) is 0 Å². The fraction of sp³-hybridized carbons (Fsp3) is 0.278. The standard InChI is InChI=1S/C18H18ClFN6O2/c1-10-6-13(4-5-15(10)19)12(3)22-16(27)9-25-18(28)26(24-23-25)17-11(2)7-14(20)8-21-17/h4-8,12H,9H2,1-3H3,(H,22,27)/t12-/m0/s1. The van der Waals surface area contributed by atoms with Crippen molar-refractivity contribution in [3.63, 3.8) is 0 Å². The summed E-state index contributed by atoms with van der Waals surface area (Å²) in [5.41, 5.74) is 1.57. The topological polar surface area (TPSA) is 94.7 Å². The molecule has 146 valence electrons. The molecule has 1 amide bonds. The molecule has 3 aromatic rings. The number of benzene rings is 1. The molecule has 3 rings (SSSR count). The van der Waals surface area contributed by atoms with Crippen molar-refractivity contribution < 1.29 is 9.18 Å². The molecule has 0 unspecified atom stereocenters. The SMILES string of the molecule is Cc1cc([C@H](C)NC(=O)Cn2nnn(-c3ncc(F)cc3C)c2=O)ccc1Cl. The Morgan fingerprint density at radius 1 is 1.25 bits per heavy atom. The minimum atomic E-state index is -0.646. The number of halogens is 2. The molecule has 1 atom stereocenters. The van der Waals surface area contributed by atoms with E-state index in [0.29, 0.717) is 10.6 Å². The van der Waals surface area contributed by atoms with Crippen LogP contribution >= 0.6 is 11.6 Å². The molecular formula is C18H18ClFN6O2. The molecule has 0 fully saturated rings. The average molecular weight is 405 g/mol. The normalized spacial score (nSPS) is 12.0. The maximum atomic E-state index is 13.2. The van der Waals surface area contributed by atoms with Gasteiger partial charge in [-0.1, -0.05) is 23.7 Å². The van der Waals surface area contributed by atoms with E-state index in [-0.39, 0.29) is 18.4 Å². The molecule has 0 aliphatic heterocycles. The molecule has 0 bridgehead atoms. The Labute approximate surface area is 164 Å². The van der Waals surface area contributed by atoms with Crippen molar-refractivity contribution in [1.29, 1.82) is 0 Å². The van der Waals surface area contributed by atoms with Crippen molar-refractivity contribution >= 4 is 17.5 Å². The average Bonchev–Trinajstić information content (AvgIpc) is 2.97. The lowest BCUT2D eigenvalue weighted by Gasteiger charge is -2.15. The summed E-state index contributed by atoms with van der Waals surface area (Å²) < 4.78 is 15.0. The number of tetrazole rings is 1. The number of hydrogen-bond acceptors (Lipinski definition) is 5. The fourth-order valence-corrected chi connectivity index (χ4v) is 2.82. The molecule has 1 N–H and O–H groups in total. The Morgan fingerprint density at radius 2 is 2.00 bits per heavy atom. The van der Waals surface area contributed by atoms with Gasteiger partial charge in [-0.05, 0) is 60.0 Å². The molecule has 2 aromatic heterocycles. The van der Waals surface area contributed by atoms with E-state index in [1.165, 1.54) is 6.07 Å². The fourth-order valence-electron chi connectivity index (χ4n) is 2.71. The van der Waals surface area contributed by atoms with E-state index in [1.807, 2.05) is 26.0 Å². The van der Waals surface area contributed by atoms with Crippen molar-refractivity contribution in [2.45, 2.75) is 33.4 Å². The highest BCUT2D eigenvalue weighted by Crippen LogP contribution is 2.20. The molecule has 0 spiro atoms. The Hall–Kier alpha value is -3.07. The van der Waals surface area contributed by atoms with Gasteiger partial charge in [0.25, 0.3) is 0 Å². The van der Waals surface area contributed by atoms with Crippen LogP contribution < -0.4 is 11.0 Å². The molecule has 2 heterocycles. The van der Waals surface area contributed by atoms with Gasteiger partial charge < -0.3 is 5.32 Å². The zero-order valence-corrected chi connectivity index (χ0v) is 16.2. The van der Waals surface area contributed by atoms with E-state index in [4.69, 9.17) is 11.6 Å². The lowest BCUT2D eigenvalue weighted by Crippen LogP contribution is -2.35. The lowest BCUT2D eigenvalue weighted by atomic mass is 10.1. The van der Waals surface area contributed by atoms with Crippen LogP contribution in [0.4, 0.5) is 4.39 Å². The van der Waals surface area contributed by atoms with Crippen molar-refractivity contribution in [2.24, 2.45) is 0 Å². The predicted octanol–water partition coefficient (Wildman–Crippen LogP) is 2.11. The van der Waals surface area contributed by atoms with Gasteiger partial charge in [0.05, 0.1) is 12.2 Å². The Morgan fingerprint density at radius 3 is 2.68 bits per heavy atom. The van der Waals surface area contributed by atoms with Crippen LogP contribution in [0.5, 0.6) is 0 Å². The van der Waals surface area contributed by atoms with Gasteiger partial charge in [-0.15, -0.1) is 4.68 Å². The first-order chi connectivity index (χ1) is 13.3. The van der Waals surface area contributed by atoms with Crippen LogP contribution in [0.25, 0.3) is 5.82 Å². The number of amides is 1. The molecule has 8 nitrogen and oxygen atoms in total. The van der Waals surface area contributed by atoms with Crippen molar-refractivity contribution in [2.75, 3.05) is 0 Å². The van der Waals surface area contributed by atoms with Gasteiger partial charge >= 0.3 is 5.69 Å². The zero-order chi connectivity index (χ0) is 20.4. The first-order valence-corrected chi connectivity index (χ1v) is 8.85. The molecule has 0 saturated heterocycles. The second kappa shape index (κ2) is 7.89. The molecule has 28 heavy (non-hydrogen) atoms. The minimum Gasteiger partial charge on any atom is -0.348 e. The smallest absolute Gasteiger partial charge is 0.348 e. The summed E-state index contributed by atoms with van der Waals surface area (Å²) in [5, 5.41) is 10.9. The van der Waals surface area contributed by atoms with E-state index in [0.717, 1.165) is 26.7 Å². The second-order valence-corrected chi connectivity index (χ2v) is 6.83. The van der Waals surface area contributed by atoms with Gasteiger partial charge in [-0.2, -0.15) is 4.68 Å². The molecule has 0 saturated carbocycles. The number of carbonyl (C=O) groups is 1. The van der Waals surface area contributed by atoms with Crippen LogP contribution in [0.15, 0.2) is 35.3 Å². The Balaban J connectivity index is 1.73. The minimum absolute atomic E-state index is 0.156. The zero-order valence-electron chi connectivity index (χ0n) is 15.5. The highest BCUT2D eigenvalue weighted by molar-refractivity contribution is 6.31. The number of carbonyl (C=O) groups excluding carboxylic acids is 1. The molecule has 1 aromatic carbocycles. The summed E-state index contributed by atoms with van der Waals surface area (Å²) in [6, 6.07) is 6.43. The van der Waals surface area contributed by atoms with Gasteiger partial charge in [0.1, 0.15) is 12.4 Å². The lowest BCUT2D eigenvalue weighted by molar-refractivity contribution is -0.122. The van der Waals surface area contributed by atoms with Gasteiger partial charge in [-0.25, -0.2) is 14.2 Å². The number of aromatic nitrogens is 5. The van der Waals surface area contributed by atoms with E-state index in [1.54, 1.807) is 13.0 Å². The maximum Gasteiger partial charge on any atom is 0.370 e. The third kappa shape index (κ3) is 4.09. The first kappa shape index (κ1) is 19.7. The number of nitrogens with zero attached hydrogens (tertiary/aromatic N) is 5. The van der Waals surface area contributed by atoms with E-state index in [2.05, 4.69) is 20.7 Å². The van der Waals surface area contributed by atoms with E-state index in [9.17, 15) is 14.0 Å². The molecule has 0 radical (unpaired) electrons. The van der Waals surface area contributed by atoms with Gasteiger partial charge in [0.15, 0.2) is 5.82 Å². The first-order valence-electron chi connectivity index (χ1n) is 8.47.